The monoisotopic (exact) mass is 371 g/mol. The third-order valence-corrected chi connectivity index (χ3v) is 4.86. The van der Waals surface area contributed by atoms with Gasteiger partial charge in [-0.15, -0.1) is 5.10 Å². The largest absolute Gasteiger partial charge is 0.469 e. The summed E-state index contributed by atoms with van der Waals surface area (Å²) < 4.78 is 25.6. The molecule has 8 heteroatoms. The molecule has 0 radical (unpaired) electrons. The summed E-state index contributed by atoms with van der Waals surface area (Å²) >= 11 is 0. The smallest absolute Gasteiger partial charge is 0.437 e. The Bertz CT molecular complexity index is 1030. The lowest BCUT2D eigenvalue weighted by Gasteiger charge is -2.31. The average Bonchev–Trinajstić information content (AvgIpc) is 3.27. The number of rotatable bonds is 3. The van der Waals surface area contributed by atoms with E-state index in [1.54, 1.807) is 30.0 Å². The minimum absolute atomic E-state index is 0.0623. The number of hydrogen-bond acceptors (Lipinski definition) is 5. The van der Waals surface area contributed by atoms with Crippen molar-refractivity contribution in [2.45, 2.75) is 25.8 Å². The lowest BCUT2D eigenvalue weighted by Crippen LogP contribution is -2.40. The predicted octanol–water partition coefficient (Wildman–Crippen LogP) is 3.02. The molecule has 0 spiro atoms. The first-order valence-corrected chi connectivity index (χ1v) is 8.72. The fourth-order valence-corrected chi connectivity index (χ4v) is 3.35. The molecule has 1 saturated heterocycles. The number of aromatic nitrogens is 2. The van der Waals surface area contributed by atoms with E-state index >= 15 is 0 Å². The number of furan rings is 1. The highest BCUT2D eigenvalue weighted by atomic mass is 19.1. The van der Waals surface area contributed by atoms with Gasteiger partial charge in [0.15, 0.2) is 0 Å². The number of aryl methyl sites for hydroxylation is 1. The lowest BCUT2D eigenvalue weighted by molar-refractivity contribution is 0.0683. The molecule has 0 saturated carbocycles. The SMILES string of the molecule is Cc1occc1-c1nn(C2CCN(C(=O)c3ccccc3F)CC2)c(=O)o1. The van der Waals surface area contributed by atoms with E-state index in [1.165, 1.54) is 23.1 Å². The van der Waals surface area contributed by atoms with Gasteiger partial charge in [-0.05, 0) is 38.0 Å². The van der Waals surface area contributed by atoms with Crippen LogP contribution in [0, 0.1) is 12.7 Å². The van der Waals surface area contributed by atoms with E-state index in [1.807, 2.05) is 0 Å². The number of benzene rings is 1. The van der Waals surface area contributed by atoms with E-state index < -0.39 is 11.6 Å². The van der Waals surface area contributed by atoms with E-state index in [2.05, 4.69) is 5.10 Å². The van der Waals surface area contributed by atoms with Crippen LogP contribution in [0.5, 0.6) is 0 Å². The molecule has 1 aromatic carbocycles. The van der Waals surface area contributed by atoms with Crippen LogP contribution in [0.25, 0.3) is 11.5 Å². The Morgan fingerprint density at radius 3 is 2.63 bits per heavy atom. The number of carbonyl (C=O) groups excluding carboxylic acids is 1. The summed E-state index contributed by atoms with van der Waals surface area (Å²) in [6.07, 6.45) is 2.59. The van der Waals surface area contributed by atoms with Crippen LogP contribution in [0.15, 0.2) is 50.2 Å². The first-order chi connectivity index (χ1) is 13.0. The highest BCUT2D eigenvalue weighted by molar-refractivity contribution is 5.94. The van der Waals surface area contributed by atoms with Gasteiger partial charge in [0.25, 0.3) is 11.8 Å². The molecule has 0 bridgehead atoms. The van der Waals surface area contributed by atoms with Gasteiger partial charge in [0.1, 0.15) is 11.6 Å². The van der Waals surface area contributed by atoms with E-state index in [9.17, 15) is 14.0 Å². The Balaban J connectivity index is 1.48. The van der Waals surface area contributed by atoms with E-state index in [0.717, 1.165) is 0 Å². The Labute approximate surface area is 154 Å². The molecular weight excluding hydrogens is 353 g/mol. The molecule has 1 fully saturated rings. The van der Waals surface area contributed by atoms with Crippen LogP contribution in [-0.2, 0) is 0 Å². The molecule has 3 heterocycles. The van der Waals surface area contributed by atoms with Crippen LogP contribution in [0.4, 0.5) is 4.39 Å². The Hall–Kier alpha value is -3.16. The fraction of sp³-hybridized carbons (Fsp3) is 0.316. The average molecular weight is 371 g/mol. The normalized spacial score (nSPS) is 15.3. The van der Waals surface area contributed by atoms with Gasteiger partial charge in [0, 0.05) is 13.1 Å². The second-order valence-corrected chi connectivity index (χ2v) is 6.51. The third-order valence-electron chi connectivity index (χ3n) is 4.86. The van der Waals surface area contributed by atoms with E-state index in [0.29, 0.717) is 37.3 Å². The molecular formula is C19H18FN3O4. The number of amides is 1. The predicted molar refractivity (Wildman–Crippen MR) is 93.8 cm³/mol. The lowest BCUT2D eigenvalue weighted by atomic mass is 10.0. The molecule has 0 atom stereocenters. The number of nitrogens with zero attached hydrogens (tertiary/aromatic N) is 3. The number of hydrogen-bond donors (Lipinski definition) is 0. The first-order valence-electron chi connectivity index (χ1n) is 8.72. The van der Waals surface area contributed by atoms with Crippen molar-refractivity contribution in [3.63, 3.8) is 0 Å². The van der Waals surface area contributed by atoms with Gasteiger partial charge in [-0.25, -0.2) is 9.18 Å². The van der Waals surface area contributed by atoms with Gasteiger partial charge in [0.2, 0.25) is 0 Å². The zero-order chi connectivity index (χ0) is 19.0. The Morgan fingerprint density at radius 1 is 1.22 bits per heavy atom. The number of carbonyl (C=O) groups is 1. The molecule has 3 aromatic rings. The minimum Gasteiger partial charge on any atom is -0.469 e. The molecule has 0 N–H and O–H groups in total. The molecule has 1 aliphatic rings. The highest BCUT2D eigenvalue weighted by Crippen LogP contribution is 2.25. The molecule has 27 heavy (non-hydrogen) atoms. The van der Waals surface area contributed by atoms with Gasteiger partial charge in [0.05, 0.1) is 23.4 Å². The van der Waals surface area contributed by atoms with Crippen LogP contribution in [0.1, 0.15) is 35.0 Å². The molecule has 0 unspecified atom stereocenters. The van der Waals surface area contributed by atoms with Gasteiger partial charge < -0.3 is 13.7 Å². The standard InChI is InChI=1S/C19H18FN3O4/c1-12-14(8-11-26-12)17-21-23(19(25)27-17)13-6-9-22(10-7-13)18(24)15-4-2-3-5-16(15)20/h2-5,8,11,13H,6-7,9-10H2,1H3. The zero-order valence-electron chi connectivity index (χ0n) is 14.7. The van der Waals surface area contributed by atoms with Crippen LogP contribution in [0.2, 0.25) is 0 Å². The van der Waals surface area contributed by atoms with Crippen molar-refractivity contribution in [2.75, 3.05) is 13.1 Å². The van der Waals surface area contributed by atoms with Gasteiger partial charge >= 0.3 is 5.76 Å². The maximum Gasteiger partial charge on any atom is 0.437 e. The summed E-state index contributed by atoms with van der Waals surface area (Å²) in [6.45, 7) is 2.59. The van der Waals surface area contributed by atoms with Crippen LogP contribution >= 0.6 is 0 Å². The van der Waals surface area contributed by atoms with Crippen molar-refractivity contribution in [2.24, 2.45) is 0 Å². The Morgan fingerprint density at radius 2 is 1.96 bits per heavy atom. The van der Waals surface area contributed by atoms with Crippen molar-refractivity contribution >= 4 is 5.91 Å². The number of piperidine rings is 1. The van der Waals surface area contributed by atoms with Crippen LogP contribution in [0.3, 0.4) is 0 Å². The summed E-state index contributed by atoms with van der Waals surface area (Å²) in [5.74, 6) is -0.569. The molecule has 7 nitrogen and oxygen atoms in total. The van der Waals surface area contributed by atoms with Crippen molar-refractivity contribution < 1.29 is 18.0 Å². The minimum atomic E-state index is -0.538. The topological polar surface area (TPSA) is 81.5 Å². The second-order valence-electron chi connectivity index (χ2n) is 6.51. The number of likely N-dealkylation sites (tertiary alicyclic amines) is 1. The maximum absolute atomic E-state index is 13.8. The third kappa shape index (κ3) is 3.18. The molecule has 1 amide bonds. The van der Waals surface area contributed by atoms with Gasteiger partial charge in [-0.3, -0.25) is 4.79 Å². The van der Waals surface area contributed by atoms with Crippen molar-refractivity contribution in [1.29, 1.82) is 0 Å². The van der Waals surface area contributed by atoms with Crippen molar-refractivity contribution in [1.82, 2.24) is 14.7 Å². The summed E-state index contributed by atoms with van der Waals surface area (Å²) in [5.41, 5.74) is 0.699. The molecule has 2 aromatic heterocycles. The summed E-state index contributed by atoms with van der Waals surface area (Å²) in [7, 11) is 0. The fourth-order valence-electron chi connectivity index (χ4n) is 3.35. The summed E-state index contributed by atoms with van der Waals surface area (Å²) in [6, 6.07) is 7.46. The van der Waals surface area contributed by atoms with E-state index in [4.69, 9.17) is 8.83 Å². The first kappa shape index (κ1) is 17.3. The van der Waals surface area contributed by atoms with Gasteiger partial charge in [-0.2, -0.15) is 4.68 Å². The maximum atomic E-state index is 13.8. The molecule has 140 valence electrons. The van der Waals surface area contributed by atoms with Crippen LogP contribution in [-0.4, -0.2) is 33.7 Å². The van der Waals surface area contributed by atoms with Crippen molar-refractivity contribution in [3.05, 3.63) is 64.3 Å². The van der Waals surface area contributed by atoms with E-state index in [-0.39, 0.29) is 23.4 Å². The summed E-state index contributed by atoms with van der Waals surface area (Å²) in [5, 5.41) is 4.29. The Kier molecular flexibility index (Phi) is 4.39. The van der Waals surface area contributed by atoms with Crippen molar-refractivity contribution in [3.8, 4) is 11.5 Å². The summed E-state index contributed by atoms with van der Waals surface area (Å²) in [4.78, 5) is 26.3. The van der Waals surface area contributed by atoms with Crippen LogP contribution < -0.4 is 5.76 Å². The highest BCUT2D eigenvalue weighted by Gasteiger charge is 2.28. The molecule has 0 aliphatic carbocycles. The zero-order valence-corrected chi connectivity index (χ0v) is 14.7. The van der Waals surface area contributed by atoms with Gasteiger partial charge in [-0.1, -0.05) is 12.1 Å². The molecule has 4 rings (SSSR count). The quantitative estimate of drug-likeness (QED) is 0.707. The number of halogens is 1. The second kappa shape index (κ2) is 6.86. The molecule has 1 aliphatic heterocycles.